The summed E-state index contributed by atoms with van der Waals surface area (Å²) in [6.45, 7) is 8.18. The lowest BCUT2D eigenvalue weighted by Gasteiger charge is -2.04. The van der Waals surface area contributed by atoms with Gasteiger partial charge < -0.3 is 10.3 Å². The Kier molecular flexibility index (Phi) is 4.61. The average molecular weight is 278 g/mol. The molecule has 4 heteroatoms. The fourth-order valence-corrected chi connectivity index (χ4v) is 2.19. The number of aryl methyl sites for hydroxylation is 1. The van der Waals surface area contributed by atoms with Gasteiger partial charge in [0.25, 0.3) is 0 Å². The number of nitrogens with zero attached hydrogens (tertiary/aromatic N) is 1. The van der Waals surface area contributed by atoms with Crippen molar-refractivity contribution >= 4 is 11.6 Å². The van der Waals surface area contributed by atoms with Gasteiger partial charge in [0.15, 0.2) is 0 Å². The van der Waals surface area contributed by atoms with Crippen molar-refractivity contribution in [2.24, 2.45) is 5.92 Å². The summed E-state index contributed by atoms with van der Waals surface area (Å²) in [5.41, 5.74) is 3.10. The number of H-pyrrole nitrogens is 1. The molecule has 1 aromatic heterocycles. The fraction of sp³-hybridized carbons (Fsp3) is 0.400. The quantitative estimate of drug-likeness (QED) is 0.873. The van der Waals surface area contributed by atoms with E-state index in [0.29, 0.717) is 5.92 Å². The van der Waals surface area contributed by atoms with Gasteiger partial charge in [0.05, 0.1) is 12.2 Å². The molecule has 0 unspecified atom stereocenters. The Bertz CT molecular complexity index is 546. The predicted molar refractivity (Wildman–Crippen MR) is 80.3 cm³/mol. The molecule has 0 saturated carbocycles. The molecule has 0 fully saturated rings. The van der Waals surface area contributed by atoms with Crippen LogP contribution in [-0.4, -0.2) is 16.5 Å². The van der Waals surface area contributed by atoms with Gasteiger partial charge in [0.1, 0.15) is 5.82 Å². The molecule has 0 atom stereocenters. The normalized spacial score (nSPS) is 11.2. The molecule has 0 bridgehead atoms. The number of aromatic amines is 1. The molecule has 0 radical (unpaired) electrons. The van der Waals surface area contributed by atoms with Crippen LogP contribution in [0.25, 0.3) is 11.3 Å². The number of nitrogens with one attached hydrogen (secondary N) is 2. The fourth-order valence-electron chi connectivity index (χ4n) is 2.00. The Hall–Kier alpha value is -1.32. The molecule has 0 saturated heterocycles. The molecular weight excluding hydrogens is 258 g/mol. The Balaban J connectivity index is 2.12. The van der Waals surface area contributed by atoms with E-state index in [1.807, 2.05) is 31.2 Å². The number of rotatable bonds is 5. The minimum Gasteiger partial charge on any atom is -0.344 e. The van der Waals surface area contributed by atoms with Gasteiger partial charge in [-0.3, -0.25) is 0 Å². The van der Waals surface area contributed by atoms with E-state index in [9.17, 15) is 0 Å². The molecule has 102 valence electrons. The zero-order valence-electron chi connectivity index (χ0n) is 11.6. The summed E-state index contributed by atoms with van der Waals surface area (Å²) in [4.78, 5) is 7.96. The van der Waals surface area contributed by atoms with Crippen molar-refractivity contribution in [3.63, 3.8) is 0 Å². The number of imidazole rings is 1. The number of hydrogen-bond donors (Lipinski definition) is 2. The smallest absolute Gasteiger partial charge is 0.121 e. The lowest BCUT2D eigenvalue weighted by Crippen LogP contribution is -2.19. The largest absolute Gasteiger partial charge is 0.344 e. The van der Waals surface area contributed by atoms with Crippen LogP contribution in [0.1, 0.15) is 25.4 Å². The van der Waals surface area contributed by atoms with Gasteiger partial charge >= 0.3 is 0 Å². The highest BCUT2D eigenvalue weighted by atomic mass is 35.5. The van der Waals surface area contributed by atoms with Gasteiger partial charge in [0.2, 0.25) is 0 Å². The predicted octanol–water partition coefficient (Wildman–Crippen LogP) is 3.78. The molecule has 0 aliphatic rings. The maximum absolute atomic E-state index is 6.02. The topological polar surface area (TPSA) is 40.7 Å². The van der Waals surface area contributed by atoms with E-state index in [-0.39, 0.29) is 0 Å². The maximum Gasteiger partial charge on any atom is 0.121 e. The average Bonchev–Trinajstić information content (AvgIpc) is 2.70. The highest BCUT2D eigenvalue weighted by Gasteiger charge is 2.09. The van der Waals surface area contributed by atoms with Crippen LogP contribution in [0.2, 0.25) is 5.02 Å². The highest BCUT2D eigenvalue weighted by Crippen LogP contribution is 2.23. The molecule has 2 N–H and O–H groups in total. The maximum atomic E-state index is 6.02. The Morgan fingerprint density at radius 2 is 2.16 bits per heavy atom. The van der Waals surface area contributed by atoms with Crippen molar-refractivity contribution in [1.29, 1.82) is 0 Å². The minimum atomic E-state index is 0.642. The molecule has 0 spiro atoms. The molecule has 0 aliphatic carbocycles. The van der Waals surface area contributed by atoms with Gasteiger partial charge in [0, 0.05) is 16.3 Å². The molecule has 1 aromatic carbocycles. The summed E-state index contributed by atoms with van der Waals surface area (Å²) in [5.74, 6) is 1.61. The number of halogens is 1. The number of aromatic nitrogens is 2. The second-order valence-corrected chi connectivity index (χ2v) is 5.63. The van der Waals surface area contributed by atoms with Gasteiger partial charge in [-0.2, -0.15) is 0 Å². The third-order valence-corrected chi connectivity index (χ3v) is 3.11. The van der Waals surface area contributed by atoms with Crippen LogP contribution in [-0.2, 0) is 6.54 Å². The van der Waals surface area contributed by atoms with Gasteiger partial charge in [-0.25, -0.2) is 4.98 Å². The number of benzene rings is 1. The van der Waals surface area contributed by atoms with Crippen molar-refractivity contribution in [1.82, 2.24) is 15.3 Å². The molecule has 0 amide bonds. The zero-order valence-corrected chi connectivity index (χ0v) is 12.4. The van der Waals surface area contributed by atoms with E-state index in [4.69, 9.17) is 11.6 Å². The van der Waals surface area contributed by atoms with Crippen LogP contribution in [0.15, 0.2) is 24.3 Å². The van der Waals surface area contributed by atoms with E-state index >= 15 is 0 Å². The van der Waals surface area contributed by atoms with Crippen LogP contribution < -0.4 is 5.32 Å². The third-order valence-electron chi connectivity index (χ3n) is 2.88. The first-order valence-electron chi connectivity index (χ1n) is 6.58. The molecular formula is C15H20ClN3. The number of hydrogen-bond acceptors (Lipinski definition) is 2. The lowest BCUT2D eigenvalue weighted by atomic mass is 10.1. The van der Waals surface area contributed by atoms with Crippen molar-refractivity contribution in [2.45, 2.75) is 27.3 Å². The first-order valence-corrected chi connectivity index (χ1v) is 6.96. The van der Waals surface area contributed by atoms with Crippen molar-refractivity contribution in [3.05, 3.63) is 40.8 Å². The van der Waals surface area contributed by atoms with Crippen molar-refractivity contribution in [3.8, 4) is 11.3 Å². The molecule has 0 aliphatic heterocycles. The van der Waals surface area contributed by atoms with Crippen LogP contribution in [0.5, 0.6) is 0 Å². The summed E-state index contributed by atoms with van der Waals surface area (Å²) in [7, 11) is 0. The molecule has 1 heterocycles. The molecule has 2 aromatic rings. The second kappa shape index (κ2) is 6.22. The summed E-state index contributed by atoms with van der Waals surface area (Å²) in [6, 6.07) is 7.79. The van der Waals surface area contributed by atoms with Crippen molar-refractivity contribution in [2.75, 3.05) is 6.54 Å². The van der Waals surface area contributed by atoms with E-state index in [1.54, 1.807) is 0 Å². The van der Waals surface area contributed by atoms with Crippen LogP contribution in [0.3, 0.4) is 0 Å². The molecule has 2 rings (SSSR count). The summed E-state index contributed by atoms with van der Waals surface area (Å²) in [6.07, 6.45) is 0. The molecule has 3 nitrogen and oxygen atoms in total. The standard InChI is InChI=1S/C15H20ClN3/c1-10(2)8-17-9-14-18-11(3)15(19-14)12-5-4-6-13(16)7-12/h4-7,10,17H,8-9H2,1-3H3,(H,18,19). The second-order valence-electron chi connectivity index (χ2n) is 5.19. The Labute approximate surface area is 119 Å². The van der Waals surface area contributed by atoms with Crippen LogP contribution in [0, 0.1) is 12.8 Å². The first kappa shape index (κ1) is 14.1. The van der Waals surface area contributed by atoms with Crippen LogP contribution >= 0.6 is 11.6 Å². The third kappa shape index (κ3) is 3.82. The summed E-state index contributed by atoms with van der Waals surface area (Å²) in [5, 5.41) is 4.12. The Morgan fingerprint density at radius 1 is 1.37 bits per heavy atom. The monoisotopic (exact) mass is 277 g/mol. The van der Waals surface area contributed by atoms with Gasteiger partial charge in [-0.05, 0) is 31.5 Å². The first-order chi connectivity index (χ1) is 9.06. The highest BCUT2D eigenvalue weighted by molar-refractivity contribution is 6.30. The van der Waals surface area contributed by atoms with E-state index in [0.717, 1.165) is 40.9 Å². The van der Waals surface area contributed by atoms with E-state index < -0.39 is 0 Å². The molecule has 19 heavy (non-hydrogen) atoms. The van der Waals surface area contributed by atoms with Crippen LogP contribution in [0.4, 0.5) is 0 Å². The van der Waals surface area contributed by atoms with E-state index in [2.05, 4.69) is 29.1 Å². The lowest BCUT2D eigenvalue weighted by molar-refractivity contribution is 0.544. The van der Waals surface area contributed by atoms with Gasteiger partial charge in [-0.1, -0.05) is 37.6 Å². The SMILES string of the molecule is Cc1[nH]c(CNCC(C)C)nc1-c1cccc(Cl)c1. The van der Waals surface area contributed by atoms with E-state index in [1.165, 1.54) is 0 Å². The van der Waals surface area contributed by atoms with Gasteiger partial charge in [-0.15, -0.1) is 0 Å². The summed E-state index contributed by atoms with van der Waals surface area (Å²) < 4.78 is 0. The minimum absolute atomic E-state index is 0.642. The zero-order chi connectivity index (χ0) is 13.8. The van der Waals surface area contributed by atoms with Crippen molar-refractivity contribution < 1.29 is 0 Å². The summed E-state index contributed by atoms with van der Waals surface area (Å²) >= 11 is 6.02. The Morgan fingerprint density at radius 3 is 2.84 bits per heavy atom.